The van der Waals surface area contributed by atoms with E-state index >= 15 is 0 Å². The summed E-state index contributed by atoms with van der Waals surface area (Å²) in [5.41, 5.74) is 2.35. The van der Waals surface area contributed by atoms with Crippen LogP contribution in [0.1, 0.15) is 5.56 Å². The van der Waals surface area contributed by atoms with Gasteiger partial charge in [-0.15, -0.1) is 0 Å². The van der Waals surface area contributed by atoms with Gasteiger partial charge < -0.3 is 14.4 Å². The molecule has 0 aliphatic carbocycles. The van der Waals surface area contributed by atoms with Gasteiger partial charge in [-0.1, -0.05) is 16.8 Å². The topological polar surface area (TPSA) is 68.4 Å². The van der Waals surface area contributed by atoms with Crippen molar-refractivity contribution in [1.29, 1.82) is 0 Å². The number of aryl methyl sites for hydroxylation is 1. The minimum Gasteiger partial charge on any atom is -0.507 e. The van der Waals surface area contributed by atoms with Gasteiger partial charge in [0.25, 0.3) is 5.89 Å². The Morgan fingerprint density at radius 2 is 1.86 bits per heavy atom. The lowest BCUT2D eigenvalue weighted by molar-refractivity contribution is 0.414. The number of hydrogen-bond donors (Lipinski definition) is 1. The fourth-order valence-corrected chi connectivity index (χ4v) is 2.01. The molecule has 5 nitrogen and oxygen atoms in total. The Kier molecular flexibility index (Phi) is 3.31. The zero-order valence-electron chi connectivity index (χ0n) is 11.7. The molecule has 0 aliphatic rings. The van der Waals surface area contributed by atoms with E-state index in [4.69, 9.17) is 9.26 Å². The minimum absolute atomic E-state index is 0.116. The number of aromatic nitrogens is 2. The first-order valence-corrected chi connectivity index (χ1v) is 6.45. The van der Waals surface area contributed by atoms with Gasteiger partial charge in [0.15, 0.2) is 0 Å². The maximum Gasteiger partial charge on any atom is 0.262 e. The van der Waals surface area contributed by atoms with Gasteiger partial charge in [0.2, 0.25) is 5.82 Å². The predicted octanol–water partition coefficient (Wildman–Crippen LogP) is 3.43. The molecule has 0 atom stereocenters. The fraction of sp³-hybridized carbons (Fsp3) is 0.125. The lowest BCUT2D eigenvalue weighted by Crippen LogP contribution is -1.85. The zero-order chi connectivity index (χ0) is 14.8. The van der Waals surface area contributed by atoms with E-state index in [2.05, 4.69) is 10.1 Å². The molecule has 0 saturated heterocycles. The highest BCUT2D eigenvalue weighted by atomic mass is 16.5. The van der Waals surface area contributed by atoms with Crippen LogP contribution < -0.4 is 4.74 Å². The van der Waals surface area contributed by atoms with Crippen LogP contribution in [0, 0.1) is 6.92 Å². The van der Waals surface area contributed by atoms with Gasteiger partial charge >= 0.3 is 0 Å². The monoisotopic (exact) mass is 282 g/mol. The van der Waals surface area contributed by atoms with Crippen LogP contribution in [0.5, 0.6) is 11.5 Å². The molecule has 0 aliphatic heterocycles. The van der Waals surface area contributed by atoms with Gasteiger partial charge in [0.05, 0.1) is 12.7 Å². The largest absolute Gasteiger partial charge is 0.507 e. The maximum atomic E-state index is 9.89. The third-order valence-electron chi connectivity index (χ3n) is 3.16. The first-order valence-electron chi connectivity index (χ1n) is 6.45. The summed E-state index contributed by atoms with van der Waals surface area (Å²) in [5, 5.41) is 13.8. The van der Waals surface area contributed by atoms with E-state index in [1.54, 1.807) is 19.2 Å². The Morgan fingerprint density at radius 1 is 1.10 bits per heavy atom. The van der Waals surface area contributed by atoms with E-state index in [1.165, 1.54) is 0 Å². The summed E-state index contributed by atoms with van der Waals surface area (Å²) in [6.07, 6.45) is 0. The number of benzene rings is 2. The smallest absolute Gasteiger partial charge is 0.262 e. The molecule has 3 rings (SSSR count). The van der Waals surface area contributed by atoms with E-state index in [-0.39, 0.29) is 5.75 Å². The summed E-state index contributed by atoms with van der Waals surface area (Å²) in [4.78, 5) is 4.33. The summed E-state index contributed by atoms with van der Waals surface area (Å²) in [6.45, 7) is 1.93. The molecule has 0 radical (unpaired) electrons. The molecule has 3 aromatic rings. The molecule has 1 N–H and O–H groups in total. The molecule has 0 fully saturated rings. The van der Waals surface area contributed by atoms with E-state index in [0.29, 0.717) is 17.3 Å². The van der Waals surface area contributed by atoms with E-state index in [9.17, 15) is 5.11 Å². The van der Waals surface area contributed by atoms with E-state index in [1.807, 2.05) is 37.3 Å². The van der Waals surface area contributed by atoms with Crippen molar-refractivity contribution in [2.75, 3.05) is 7.11 Å². The molecule has 2 aromatic carbocycles. The highest BCUT2D eigenvalue weighted by Crippen LogP contribution is 2.30. The van der Waals surface area contributed by atoms with Gasteiger partial charge in [0.1, 0.15) is 11.5 Å². The van der Waals surface area contributed by atoms with Crippen LogP contribution in [0.3, 0.4) is 0 Å². The Bertz CT molecular complexity index is 763. The van der Waals surface area contributed by atoms with Crippen molar-refractivity contribution in [3.63, 3.8) is 0 Å². The Labute approximate surface area is 121 Å². The van der Waals surface area contributed by atoms with Crippen LogP contribution in [0.15, 0.2) is 47.0 Å². The molecule has 0 amide bonds. The Hall–Kier alpha value is -2.82. The van der Waals surface area contributed by atoms with Crippen molar-refractivity contribution in [3.8, 4) is 34.3 Å². The fourth-order valence-electron chi connectivity index (χ4n) is 2.01. The van der Waals surface area contributed by atoms with Gasteiger partial charge in [-0.2, -0.15) is 4.98 Å². The summed E-state index contributed by atoms with van der Waals surface area (Å²) in [6, 6.07) is 12.6. The third kappa shape index (κ3) is 2.58. The van der Waals surface area contributed by atoms with E-state index < -0.39 is 0 Å². The Balaban J connectivity index is 1.97. The molecule has 21 heavy (non-hydrogen) atoms. The summed E-state index contributed by atoms with van der Waals surface area (Å²) in [5.74, 6) is 1.64. The molecular weight excluding hydrogens is 268 g/mol. The van der Waals surface area contributed by atoms with Gasteiger partial charge in [-0.3, -0.25) is 0 Å². The second-order valence-corrected chi connectivity index (χ2v) is 4.67. The standard InChI is InChI=1S/C16H14N2O3/c1-10-3-8-14(19)13(9-10)16-17-15(18-21-16)11-4-6-12(20-2)7-5-11/h3-9,19H,1-2H3. The average Bonchev–Trinajstić information content (AvgIpc) is 2.99. The molecule has 1 aromatic heterocycles. The van der Waals surface area contributed by atoms with Crippen molar-refractivity contribution >= 4 is 0 Å². The van der Waals surface area contributed by atoms with Crippen LogP contribution in [0.25, 0.3) is 22.8 Å². The zero-order valence-corrected chi connectivity index (χ0v) is 11.7. The third-order valence-corrected chi connectivity index (χ3v) is 3.16. The normalized spacial score (nSPS) is 10.6. The second-order valence-electron chi connectivity index (χ2n) is 4.67. The highest BCUT2D eigenvalue weighted by molar-refractivity contribution is 5.65. The first kappa shape index (κ1) is 13.2. The number of ether oxygens (including phenoxy) is 1. The summed E-state index contributed by atoms with van der Waals surface area (Å²) >= 11 is 0. The van der Waals surface area contributed by atoms with Crippen LogP contribution >= 0.6 is 0 Å². The maximum absolute atomic E-state index is 9.89. The molecule has 0 bridgehead atoms. The van der Waals surface area contributed by atoms with Gasteiger partial charge in [-0.25, -0.2) is 0 Å². The molecular formula is C16H14N2O3. The van der Waals surface area contributed by atoms with Crippen molar-refractivity contribution < 1.29 is 14.4 Å². The molecule has 0 saturated carbocycles. The van der Waals surface area contributed by atoms with E-state index in [0.717, 1.165) is 16.9 Å². The molecule has 106 valence electrons. The number of phenols is 1. The molecule has 0 unspecified atom stereocenters. The van der Waals surface area contributed by atoms with Crippen LogP contribution in [0.4, 0.5) is 0 Å². The van der Waals surface area contributed by atoms with Gasteiger partial charge in [0, 0.05) is 5.56 Å². The summed E-state index contributed by atoms with van der Waals surface area (Å²) in [7, 11) is 1.61. The highest BCUT2D eigenvalue weighted by Gasteiger charge is 2.14. The van der Waals surface area contributed by atoms with Crippen molar-refractivity contribution in [1.82, 2.24) is 10.1 Å². The number of phenolic OH excluding ortho intramolecular Hbond substituents is 1. The number of hydrogen-bond acceptors (Lipinski definition) is 5. The lowest BCUT2D eigenvalue weighted by atomic mass is 10.1. The molecule has 0 spiro atoms. The van der Waals surface area contributed by atoms with Crippen molar-refractivity contribution in [2.24, 2.45) is 0 Å². The van der Waals surface area contributed by atoms with Crippen molar-refractivity contribution in [3.05, 3.63) is 48.0 Å². The molecule has 5 heteroatoms. The van der Waals surface area contributed by atoms with Crippen LogP contribution in [-0.4, -0.2) is 22.4 Å². The predicted molar refractivity (Wildman–Crippen MR) is 78.1 cm³/mol. The minimum atomic E-state index is 0.116. The Morgan fingerprint density at radius 3 is 2.57 bits per heavy atom. The van der Waals surface area contributed by atoms with Gasteiger partial charge in [-0.05, 0) is 43.3 Å². The SMILES string of the molecule is COc1ccc(-c2noc(-c3cc(C)ccc3O)n2)cc1. The quantitative estimate of drug-likeness (QED) is 0.797. The second kappa shape index (κ2) is 5.28. The number of rotatable bonds is 3. The average molecular weight is 282 g/mol. The number of methoxy groups -OCH3 is 1. The van der Waals surface area contributed by atoms with Crippen LogP contribution in [0.2, 0.25) is 0 Å². The van der Waals surface area contributed by atoms with Crippen molar-refractivity contribution in [2.45, 2.75) is 6.92 Å². The molecule has 1 heterocycles. The summed E-state index contributed by atoms with van der Waals surface area (Å²) < 4.78 is 10.4. The first-order chi connectivity index (χ1) is 10.2. The number of nitrogens with zero attached hydrogens (tertiary/aromatic N) is 2. The number of aromatic hydroxyl groups is 1. The lowest BCUT2D eigenvalue weighted by Gasteiger charge is -2.00. The van der Waals surface area contributed by atoms with Crippen LogP contribution in [-0.2, 0) is 0 Å².